The third kappa shape index (κ3) is 1.57. The summed E-state index contributed by atoms with van der Waals surface area (Å²) in [5.74, 6) is 0. The van der Waals surface area contributed by atoms with Crippen LogP contribution in [0, 0.1) is 0 Å². The van der Waals surface area contributed by atoms with Gasteiger partial charge in [-0.1, -0.05) is 17.7 Å². The number of carbonyl (C=O) groups is 1. The number of nitrogens with one attached hydrogen (secondary N) is 1. The number of rotatable bonds is 2. The topological polar surface area (TPSA) is 41.6 Å². The number of hydrogen-bond donors (Lipinski definition) is 1. The molecule has 1 aromatic rings. The van der Waals surface area contributed by atoms with Crippen molar-refractivity contribution in [3.05, 3.63) is 42.3 Å². The SMILES string of the molecule is O=C(Cl)c1ccccc1N1C=CON1. The Labute approximate surface area is 85.6 Å². The molecule has 0 bridgehead atoms. The largest absolute Gasteiger partial charge is 0.395 e. The van der Waals surface area contributed by atoms with Crippen molar-refractivity contribution in [2.24, 2.45) is 0 Å². The van der Waals surface area contributed by atoms with Gasteiger partial charge >= 0.3 is 0 Å². The van der Waals surface area contributed by atoms with E-state index in [9.17, 15) is 4.79 Å². The number of nitrogens with zero attached hydrogens (tertiary/aromatic N) is 1. The number of hydrogen-bond acceptors (Lipinski definition) is 4. The number of carbonyl (C=O) groups excluding carboxylic acids is 1. The first-order valence-electron chi connectivity index (χ1n) is 3.95. The van der Waals surface area contributed by atoms with E-state index in [-0.39, 0.29) is 0 Å². The van der Waals surface area contributed by atoms with Gasteiger partial charge in [-0.05, 0) is 23.7 Å². The maximum absolute atomic E-state index is 11.1. The maximum Gasteiger partial charge on any atom is 0.254 e. The molecule has 1 heterocycles. The zero-order chi connectivity index (χ0) is 9.97. The summed E-state index contributed by atoms with van der Waals surface area (Å²) >= 11 is 5.43. The van der Waals surface area contributed by atoms with Gasteiger partial charge in [0.2, 0.25) is 0 Å². The minimum atomic E-state index is -0.497. The molecule has 0 unspecified atom stereocenters. The number of anilines is 1. The second kappa shape index (κ2) is 3.69. The van der Waals surface area contributed by atoms with Gasteiger partial charge in [0.1, 0.15) is 6.26 Å². The van der Waals surface area contributed by atoms with E-state index >= 15 is 0 Å². The Morgan fingerprint density at radius 2 is 2.21 bits per heavy atom. The average molecular weight is 211 g/mol. The molecule has 1 aliphatic heterocycles. The minimum absolute atomic E-state index is 0.428. The van der Waals surface area contributed by atoms with E-state index in [0.29, 0.717) is 11.3 Å². The van der Waals surface area contributed by atoms with Crippen LogP contribution in [0.25, 0.3) is 0 Å². The van der Waals surface area contributed by atoms with E-state index in [4.69, 9.17) is 16.4 Å². The molecule has 5 heteroatoms. The lowest BCUT2D eigenvalue weighted by atomic mass is 10.2. The summed E-state index contributed by atoms with van der Waals surface area (Å²) in [7, 11) is 0. The van der Waals surface area contributed by atoms with Crippen LogP contribution >= 0.6 is 11.6 Å². The average Bonchev–Trinajstić information content (AvgIpc) is 2.70. The number of para-hydroxylation sites is 1. The molecule has 0 aliphatic carbocycles. The molecule has 0 saturated heterocycles. The first-order valence-corrected chi connectivity index (χ1v) is 4.33. The fourth-order valence-electron chi connectivity index (χ4n) is 1.19. The van der Waals surface area contributed by atoms with Crippen LogP contribution in [-0.4, -0.2) is 5.24 Å². The number of halogens is 1. The summed E-state index contributed by atoms with van der Waals surface area (Å²) in [6, 6.07) is 6.98. The second-order valence-electron chi connectivity index (χ2n) is 2.66. The van der Waals surface area contributed by atoms with Gasteiger partial charge in [0.25, 0.3) is 5.24 Å². The van der Waals surface area contributed by atoms with Gasteiger partial charge in [-0.3, -0.25) is 4.79 Å². The second-order valence-corrected chi connectivity index (χ2v) is 3.00. The number of benzene rings is 1. The van der Waals surface area contributed by atoms with Crippen molar-refractivity contribution in [2.45, 2.75) is 0 Å². The molecule has 0 radical (unpaired) electrons. The van der Waals surface area contributed by atoms with E-state index in [1.807, 2.05) is 6.07 Å². The lowest BCUT2D eigenvalue weighted by molar-refractivity contribution is 0.108. The van der Waals surface area contributed by atoms with Gasteiger partial charge in [-0.2, -0.15) is 0 Å². The van der Waals surface area contributed by atoms with Gasteiger partial charge in [0, 0.05) is 0 Å². The molecule has 0 aromatic heterocycles. The Balaban J connectivity index is 2.40. The van der Waals surface area contributed by atoms with Crippen LogP contribution in [0.2, 0.25) is 0 Å². The molecule has 72 valence electrons. The smallest absolute Gasteiger partial charge is 0.254 e. The van der Waals surface area contributed by atoms with Crippen molar-refractivity contribution < 1.29 is 9.63 Å². The van der Waals surface area contributed by atoms with Crippen molar-refractivity contribution in [3.63, 3.8) is 0 Å². The highest BCUT2D eigenvalue weighted by Crippen LogP contribution is 2.22. The van der Waals surface area contributed by atoms with Crippen molar-refractivity contribution >= 4 is 22.5 Å². The fourth-order valence-corrected chi connectivity index (χ4v) is 1.35. The van der Waals surface area contributed by atoms with Gasteiger partial charge < -0.3 is 4.84 Å². The zero-order valence-electron chi connectivity index (χ0n) is 7.11. The lowest BCUT2D eigenvalue weighted by Gasteiger charge is -2.15. The third-order valence-electron chi connectivity index (χ3n) is 1.80. The Bertz CT molecular complexity index is 392. The highest BCUT2D eigenvalue weighted by atomic mass is 35.5. The van der Waals surface area contributed by atoms with E-state index in [1.54, 1.807) is 29.4 Å². The van der Waals surface area contributed by atoms with Gasteiger partial charge in [-0.15, -0.1) is 0 Å². The molecule has 1 aliphatic rings. The summed E-state index contributed by atoms with van der Waals surface area (Å²) in [5.41, 5.74) is 3.66. The Kier molecular flexibility index (Phi) is 2.39. The zero-order valence-corrected chi connectivity index (χ0v) is 7.86. The van der Waals surface area contributed by atoms with Crippen LogP contribution < -0.4 is 10.6 Å². The third-order valence-corrected chi connectivity index (χ3v) is 2.01. The van der Waals surface area contributed by atoms with Crippen LogP contribution in [0.3, 0.4) is 0 Å². The lowest BCUT2D eigenvalue weighted by Crippen LogP contribution is -2.28. The Hall–Kier alpha value is -1.52. The molecule has 0 spiro atoms. The fraction of sp³-hybridized carbons (Fsp3) is 0. The maximum atomic E-state index is 11.1. The molecule has 0 saturated carbocycles. The molecule has 1 N–H and O–H groups in total. The summed E-state index contributed by atoms with van der Waals surface area (Å²) < 4.78 is 0. The number of hydrazine groups is 1. The van der Waals surface area contributed by atoms with Crippen molar-refractivity contribution in [1.82, 2.24) is 5.59 Å². The van der Waals surface area contributed by atoms with Crippen LogP contribution in [0.1, 0.15) is 10.4 Å². The Morgan fingerprint density at radius 3 is 2.86 bits per heavy atom. The monoisotopic (exact) mass is 210 g/mol. The molecule has 1 aromatic carbocycles. The first kappa shape index (κ1) is 9.05. The molecule has 4 nitrogen and oxygen atoms in total. The van der Waals surface area contributed by atoms with Crippen molar-refractivity contribution in [2.75, 3.05) is 5.01 Å². The molecule has 14 heavy (non-hydrogen) atoms. The first-order chi connectivity index (χ1) is 6.79. The van der Waals surface area contributed by atoms with Crippen LogP contribution in [0.15, 0.2) is 36.7 Å². The summed E-state index contributed by atoms with van der Waals surface area (Å²) in [6.07, 6.45) is 3.12. The van der Waals surface area contributed by atoms with E-state index in [2.05, 4.69) is 5.59 Å². The van der Waals surface area contributed by atoms with E-state index < -0.39 is 5.24 Å². The predicted molar refractivity (Wildman–Crippen MR) is 52.5 cm³/mol. The summed E-state index contributed by atoms with van der Waals surface area (Å²) in [6.45, 7) is 0. The quantitative estimate of drug-likeness (QED) is 0.756. The molecule has 2 rings (SSSR count). The highest BCUT2D eigenvalue weighted by molar-refractivity contribution is 6.68. The van der Waals surface area contributed by atoms with Gasteiger partial charge in [0.05, 0.1) is 17.5 Å². The van der Waals surface area contributed by atoms with Crippen molar-refractivity contribution in [3.8, 4) is 0 Å². The summed E-state index contributed by atoms with van der Waals surface area (Å²) in [5, 5.41) is 1.07. The van der Waals surface area contributed by atoms with Crippen LogP contribution in [-0.2, 0) is 4.84 Å². The normalized spacial score (nSPS) is 14.2. The standard InChI is InChI=1S/C9H7ClN2O2/c10-9(13)7-3-1-2-4-8(7)12-5-6-14-11-12/h1-6,11H. The van der Waals surface area contributed by atoms with E-state index in [0.717, 1.165) is 0 Å². The molecular formula is C9H7ClN2O2. The van der Waals surface area contributed by atoms with Crippen LogP contribution in [0.5, 0.6) is 0 Å². The molecule has 0 atom stereocenters. The highest BCUT2D eigenvalue weighted by Gasteiger charge is 2.15. The van der Waals surface area contributed by atoms with Gasteiger partial charge in [0.15, 0.2) is 0 Å². The van der Waals surface area contributed by atoms with E-state index in [1.165, 1.54) is 6.26 Å². The van der Waals surface area contributed by atoms with Gasteiger partial charge in [-0.25, -0.2) is 5.01 Å². The predicted octanol–water partition coefficient (Wildman–Crippen LogP) is 1.79. The summed E-state index contributed by atoms with van der Waals surface area (Å²) in [4.78, 5) is 15.9. The Morgan fingerprint density at radius 1 is 1.43 bits per heavy atom. The minimum Gasteiger partial charge on any atom is -0.395 e. The van der Waals surface area contributed by atoms with Crippen molar-refractivity contribution in [1.29, 1.82) is 0 Å². The molecule has 0 fully saturated rings. The van der Waals surface area contributed by atoms with Crippen LogP contribution in [0.4, 0.5) is 5.69 Å². The molecular weight excluding hydrogens is 204 g/mol. The molecule has 0 amide bonds.